The molecule has 0 saturated heterocycles. The highest BCUT2D eigenvalue weighted by atomic mass is 32.1. The van der Waals surface area contributed by atoms with Crippen LogP contribution in [0.1, 0.15) is 0 Å². The molecule has 674 valence electrons. The lowest BCUT2D eigenvalue weighted by atomic mass is 9.97. The van der Waals surface area contributed by atoms with Crippen LogP contribution in [0.4, 0.5) is 0 Å². The third-order valence-corrected chi connectivity index (χ3v) is 30.7. The van der Waals surface area contributed by atoms with Gasteiger partial charge in [0, 0.05) is 183 Å². The van der Waals surface area contributed by atoms with Crippen LogP contribution < -0.4 is 0 Å². The lowest BCUT2D eigenvalue weighted by Crippen LogP contribution is -2.00. The lowest BCUT2D eigenvalue weighted by Gasteiger charge is -2.10. The van der Waals surface area contributed by atoms with Gasteiger partial charge in [-0.05, 0) is 113 Å². The first-order chi connectivity index (χ1) is 71.3. The van der Waals surface area contributed by atoms with Crippen molar-refractivity contribution in [3.05, 3.63) is 473 Å². The Bertz CT molecular complexity index is 9570. The maximum atomic E-state index is 6.77. The topological polar surface area (TPSA) is 143 Å². The molecule has 0 aliphatic carbocycles. The van der Waals surface area contributed by atoms with E-state index >= 15 is 0 Å². The van der Waals surface area contributed by atoms with Crippen molar-refractivity contribution in [2.45, 2.75) is 0 Å². The zero-order valence-electron chi connectivity index (χ0n) is 77.1. The fourth-order valence-electron chi connectivity index (χ4n) is 20.1. The van der Waals surface area contributed by atoms with Crippen LogP contribution >= 0.6 is 34.0 Å². The maximum absolute atomic E-state index is 6.77. The first kappa shape index (κ1) is 84.8. The second-order valence-electron chi connectivity index (χ2n) is 35.8. The van der Waals surface area contributed by atoms with E-state index in [2.05, 4.69) is 363 Å². The highest BCUT2D eigenvalue weighted by molar-refractivity contribution is 7.27. The normalized spacial score (nSPS) is 11.6. The van der Waals surface area contributed by atoms with Crippen LogP contribution in [0.25, 0.3) is 284 Å². The standard InChI is InChI=1S/C46H28N2OS.C45H27N3OS.C39H23N3OS/c1-3-11-29(12-4-1)30-21-23-32(24-22-30)46-47-40(31-13-5-2-6-14-31)28-41(48-46)33-25-26-34-36-16-9-17-37(44(36)49-42(34)27-33)39-19-10-18-38-35-15-7-8-20-43(35)50-45(38)39;1-2-8-28(9-3-1)29-16-18-30(19-17-29)39-27-40(31-22-24-46-25-23-31)48-45(47-39)32-20-21-33-35-11-6-12-36(43(35)49-41(33)26-32)38-14-7-13-37-34-10-4-5-15-42(34)50-44(37)38;1-3-11-24(12-4-1)37-40-38(25-13-5-2-6-14-25)42-39(41-37)26-21-22-27-29-17-9-18-30(36(29)43-32(27)23-26)28-16-10-20-34-35(28)31-15-7-8-19-33(31)44-34/h1-28H;1-27H;1-23H. The largest absolute Gasteiger partial charge is 0.455 e. The van der Waals surface area contributed by atoms with Crippen molar-refractivity contribution < 1.29 is 13.3 Å². The van der Waals surface area contributed by atoms with Crippen LogP contribution in [0.5, 0.6) is 0 Å². The molecule has 19 aromatic carbocycles. The van der Waals surface area contributed by atoms with Crippen molar-refractivity contribution in [2.75, 3.05) is 0 Å². The van der Waals surface area contributed by atoms with E-state index in [0.29, 0.717) is 29.1 Å². The quantitative estimate of drug-likeness (QED) is 0.103. The number of benzene rings is 19. The molecule has 11 nitrogen and oxygen atoms in total. The Hall–Kier alpha value is -18.4. The summed E-state index contributed by atoms with van der Waals surface area (Å²) in [4.78, 5) is 39.3. The molecule has 0 aliphatic heterocycles. The molecule has 0 saturated carbocycles. The van der Waals surface area contributed by atoms with Gasteiger partial charge in [0.25, 0.3) is 0 Å². The molecule has 144 heavy (non-hydrogen) atoms. The van der Waals surface area contributed by atoms with Gasteiger partial charge in [0.1, 0.15) is 33.5 Å². The third-order valence-electron chi connectivity index (χ3n) is 27.1. The Balaban J connectivity index is 0.000000108. The maximum Gasteiger partial charge on any atom is 0.164 e. The molecule has 0 atom stereocenters. The SMILES string of the molecule is c1ccc(-c2ccc(-c3cc(-c4ccncc4)nc(-c4ccc5c(c4)oc4c(-c6cccc7c6sc6ccccc67)cccc45)n3)cc2)cc1.c1ccc(-c2ccc(-c3nc(-c4ccccc4)cc(-c4ccc5c(c4)oc4c(-c6cccc7c6sc6ccccc67)cccc45)n3)cc2)cc1.c1ccc(-c2nc(-c3ccccc3)nc(-c3ccc4c(c3)oc3c(-c5cccc6sc7ccccc7c56)cccc34)n2)cc1. The Morgan fingerprint density at radius 1 is 0.160 bits per heavy atom. The Morgan fingerprint density at radius 2 is 0.438 bits per heavy atom. The number of nitrogens with zero attached hydrogens (tertiary/aromatic N) is 8. The second kappa shape index (κ2) is 36.1. The van der Waals surface area contributed by atoms with Crippen molar-refractivity contribution in [3.63, 3.8) is 0 Å². The summed E-state index contributed by atoms with van der Waals surface area (Å²) in [6.45, 7) is 0. The molecule has 0 amide bonds. The molecule has 29 rings (SSSR count). The molecule has 0 bridgehead atoms. The van der Waals surface area contributed by atoms with Crippen molar-refractivity contribution in [1.29, 1.82) is 0 Å². The summed E-state index contributed by atoms with van der Waals surface area (Å²) in [5, 5.41) is 14.2. The van der Waals surface area contributed by atoms with E-state index in [1.807, 2.05) is 137 Å². The summed E-state index contributed by atoms with van der Waals surface area (Å²) >= 11 is 5.51. The Morgan fingerprint density at radius 3 is 0.896 bits per heavy atom. The zero-order valence-corrected chi connectivity index (χ0v) is 79.5. The van der Waals surface area contributed by atoms with E-state index in [0.717, 1.165) is 166 Å². The molecule has 0 radical (unpaired) electrons. The molecule has 29 aromatic rings. The first-order valence-corrected chi connectivity index (χ1v) is 50.3. The fraction of sp³-hybridized carbons (Fsp3) is 0. The number of aromatic nitrogens is 8. The molecular formula is C130H78N8O3S3. The molecule has 14 heteroatoms. The molecule has 0 spiro atoms. The molecule has 0 N–H and O–H groups in total. The second-order valence-corrected chi connectivity index (χ2v) is 39.0. The molecule has 0 fully saturated rings. The van der Waals surface area contributed by atoms with Gasteiger partial charge in [0.15, 0.2) is 29.1 Å². The summed E-state index contributed by atoms with van der Waals surface area (Å²) in [6, 6.07) is 160. The van der Waals surface area contributed by atoms with Crippen molar-refractivity contribution >= 4 is 160 Å². The van der Waals surface area contributed by atoms with E-state index in [-0.39, 0.29) is 0 Å². The van der Waals surface area contributed by atoms with E-state index in [1.165, 1.54) is 88.3 Å². The van der Waals surface area contributed by atoms with Gasteiger partial charge in [-0.3, -0.25) is 4.98 Å². The van der Waals surface area contributed by atoms with Gasteiger partial charge in [0.05, 0.1) is 22.8 Å². The van der Waals surface area contributed by atoms with Crippen LogP contribution in [0.3, 0.4) is 0 Å². The van der Waals surface area contributed by atoms with Crippen molar-refractivity contribution in [3.8, 4) is 158 Å². The summed E-state index contributed by atoms with van der Waals surface area (Å²) in [6.07, 6.45) is 3.59. The van der Waals surface area contributed by atoms with Crippen LogP contribution in [-0.4, -0.2) is 39.9 Å². The third kappa shape index (κ3) is 15.5. The lowest BCUT2D eigenvalue weighted by molar-refractivity contribution is 0.670. The number of hydrogen-bond acceptors (Lipinski definition) is 14. The minimum Gasteiger partial charge on any atom is -0.455 e. The molecule has 0 aliphatic rings. The van der Waals surface area contributed by atoms with Crippen molar-refractivity contribution in [1.82, 2.24) is 39.9 Å². The minimum absolute atomic E-state index is 0.606. The molecule has 10 aromatic heterocycles. The average Bonchev–Trinajstić information content (AvgIpc) is 1.59. The van der Waals surface area contributed by atoms with E-state index in [1.54, 1.807) is 12.4 Å². The number of rotatable bonds is 14. The van der Waals surface area contributed by atoms with Crippen LogP contribution in [0.15, 0.2) is 487 Å². The zero-order chi connectivity index (χ0) is 95.1. The predicted molar refractivity (Wildman–Crippen MR) is 598 cm³/mol. The Labute approximate surface area is 838 Å². The average molecular weight is 1900 g/mol. The van der Waals surface area contributed by atoms with E-state index < -0.39 is 0 Å². The predicted octanol–water partition coefficient (Wildman–Crippen LogP) is 36.4. The van der Waals surface area contributed by atoms with E-state index in [9.17, 15) is 0 Å². The fourth-order valence-corrected chi connectivity index (χ4v) is 23.7. The Kier molecular flexibility index (Phi) is 21.3. The molecule has 0 unspecified atom stereocenters. The van der Waals surface area contributed by atoms with Gasteiger partial charge < -0.3 is 13.3 Å². The summed E-state index contributed by atoms with van der Waals surface area (Å²) < 4.78 is 27.9. The number of hydrogen-bond donors (Lipinski definition) is 0. The number of para-hydroxylation sites is 3. The van der Waals surface area contributed by atoms with Gasteiger partial charge in [-0.25, -0.2) is 34.9 Å². The van der Waals surface area contributed by atoms with E-state index in [4.69, 9.17) is 48.1 Å². The summed E-state index contributed by atoms with van der Waals surface area (Å²) in [5.74, 6) is 3.20. The highest BCUT2D eigenvalue weighted by Crippen LogP contribution is 2.50. The summed E-state index contributed by atoms with van der Waals surface area (Å²) in [5.41, 5.74) is 28.7. The summed E-state index contributed by atoms with van der Waals surface area (Å²) in [7, 11) is 0. The minimum atomic E-state index is 0.606. The number of pyridine rings is 1. The molecular weight excluding hydrogens is 1820 g/mol. The first-order valence-electron chi connectivity index (χ1n) is 47.9. The van der Waals surface area contributed by atoms with Gasteiger partial charge in [-0.1, -0.05) is 376 Å². The van der Waals surface area contributed by atoms with Crippen molar-refractivity contribution in [2.24, 2.45) is 0 Å². The van der Waals surface area contributed by atoms with Gasteiger partial charge in [-0.2, -0.15) is 0 Å². The number of fused-ring (bicyclic) bond motifs is 18. The number of furan rings is 3. The van der Waals surface area contributed by atoms with Gasteiger partial charge in [0.2, 0.25) is 0 Å². The van der Waals surface area contributed by atoms with Crippen LogP contribution in [0, 0.1) is 0 Å². The van der Waals surface area contributed by atoms with Crippen LogP contribution in [0.2, 0.25) is 0 Å². The van der Waals surface area contributed by atoms with Gasteiger partial charge >= 0.3 is 0 Å². The highest BCUT2D eigenvalue weighted by Gasteiger charge is 2.25. The van der Waals surface area contributed by atoms with Gasteiger partial charge in [-0.15, -0.1) is 34.0 Å². The number of thiophene rings is 3. The smallest absolute Gasteiger partial charge is 0.164 e. The monoisotopic (exact) mass is 1890 g/mol. The molecule has 10 heterocycles. The van der Waals surface area contributed by atoms with Crippen LogP contribution in [-0.2, 0) is 0 Å².